The maximum Gasteiger partial charge on any atom is 0.252 e. The number of para-hydroxylation sites is 1. The number of rotatable bonds is 6. The standard InChI is InChI=1S/C24H24N4O3S3/c1-17-6-4-8-20-22(17)26-24(33-20)28(16-19-7-2-3-12-25-19)23(29)18-10-13-27(14-11-18)34(30,31)21-9-5-15-32-21/h2-9,12,15,18H,10-11,13-14,16H2,1H3. The number of aromatic nitrogens is 2. The van der Waals surface area contributed by atoms with E-state index in [2.05, 4.69) is 4.98 Å². The average Bonchev–Trinajstić information content (AvgIpc) is 3.54. The topological polar surface area (TPSA) is 83.5 Å². The molecule has 0 saturated carbocycles. The van der Waals surface area contributed by atoms with E-state index in [1.165, 1.54) is 27.0 Å². The van der Waals surface area contributed by atoms with Crippen molar-refractivity contribution in [2.24, 2.45) is 5.92 Å². The van der Waals surface area contributed by atoms with Gasteiger partial charge in [-0.15, -0.1) is 11.3 Å². The van der Waals surface area contributed by atoms with Gasteiger partial charge in [0.1, 0.15) is 4.21 Å². The maximum atomic E-state index is 13.7. The van der Waals surface area contributed by atoms with Crippen molar-refractivity contribution in [1.82, 2.24) is 14.3 Å². The smallest absolute Gasteiger partial charge is 0.252 e. The maximum absolute atomic E-state index is 13.7. The van der Waals surface area contributed by atoms with Crippen molar-refractivity contribution >= 4 is 54.0 Å². The summed E-state index contributed by atoms with van der Waals surface area (Å²) in [5, 5.41) is 2.41. The van der Waals surface area contributed by atoms with Gasteiger partial charge in [-0.1, -0.05) is 35.6 Å². The molecule has 34 heavy (non-hydrogen) atoms. The lowest BCUT2D eigenvalue weighted by molar-refractivity contribution is -0.123. The first-order valence-corrected chi connectivity index (χ1v) is 14.2. The normalized spacial score (nSPS) is 15.6. The van der Waals surface area contributed by atoms with Gasteiger partial charge in [0.25, 0.3) is 10.0 Å². The van der Waals surface area contributed by atoms with Gasteiger partial charge >= 0.3 is 0 Å². The van der Waals surface area contributed by atoms with Gasteiger partial charge in [0.05, 0.1) is 22.5 Å². The highest BCUT2D eigenvalue weighted by Gasteiger charge is 2.35. The fourth-order valence-electron chi connectivity index (χ4n) is 4.18. The first-order chi connectivity index (χ1) is 16.4. The van der Waals surface area contributed by atoms with Crippen LogP contribution < -0.4 is 4.90 Å². The highest BCUT2D eigenvalue weighted by Crippen LogP contribution is 2.34. The Hall–Kier alpha value is -2.66. The molecule has 0 spiro atoms. The summed E-state index contributed by atoms with van der Waals surface area (Å²) < 4.78 is 28.6. The number of fused-ring (bicyclic) bond motifs is 1. The summed E-state index contributed by atoms with van der Waals surface area (Å²) in [6, 6.07) is 15.0. The minimum Gasteiger partial charge on any atom is -0.282 e. The number of thiophene rings is 1. The average molecular weight is 513 g/mol. The highest BCUT2D eigenvalue weighted by atomic mass is 32.2. The number of nitrogens with zero attached hydrogens (tertiary/aromatic N) is 4. The molecule has 0 N–H and O–H groups in total. The summed E-state index contributed by atoms with van der Waals surface area (Å²) in [5.74, 6) is -0.304. The number of aryl methyl sites for hydroxylation is 1. The molecule has 4 aromatic rings. The van der Waals surface area contributed by atoms with Gasteiger partial charge < -0.3 is 0 Å². The molecule has 0 aliphatic carbocycles. The molecule has 0 unspecified atom stereocenters. The largest absolute Gasteiger partial charge is 0.282 e. The number of thiazole rings is 1. The van der Waals surface area contributed by atoms with Crippen molar-refractivity contribution in [3.63, 3.8) is 0 Å². The molecule has 4 heterocycles. The van der Waals surface area contributed by atoms with E-state index in [1.807, 2.05) is 43.3 Å². The van der Waals surface area contributed by atoms with Crippen molar-refractivity contribution in [3.05, 3.63) is 71.4 Å². The summed E-state index contributed by atoms with van der Waals surface area (Å²) >= 11 is 2.71. The Bertz CT molecular complexity index is 1390. The molecule has 1 fully saturated rings. The monoisotopic (exact) mass is 512 g/mol. The van der Waals surface area contributed by atoms with Crippen molar-refractivity contribution in [2.75, 3.05) is 18.0 Å². The number of carbonyl (C=O) groups excluding carboxylic acids is 1. The SMILES string of the molecule is Cc1cccc2sc(N(Cc3ccccn3)C(=O)C3CCN(S(=O)(=O)c4cccs4)CC3)nc12. The number of pyridine rings is 1. The summed E-state index contributed by atoms with van der Waals surface area (Å²) in [5.41, 5.74) is 2.75. The van der Waals surface area contributed by atoms with Crippen LogP contribution in [0.25, 0.3) is 10.2 Å². The Labute approximate surface area is 206 Å². The number of carbonyl (C=O) groups is 1. The third-order valence-electron chi connectivity index (χ3n) is 6.05. The van der Waals surface area contributed by atoms with Gasteiger partial charge in [0.15, 0.2) is 5.13 Å². The predicted octanol–water partition coefficient (Wildman–Crippen LogP) is 4.70. The molecule has 1 aromatic carbocycles. The van der Waals surface area contributed by atoms with Crippen LogP contribution in [0.2, 0.25) is 0 Å². The molecular formula is C24H24N4O3S3. The zero-order chi connectivity index (χ0) is 23.7. The fourth-order valence-corrected chi connectivity index (χ4v) is 7.85. The molecule has 176 valence electrons. The number of hydrogen-bond donors (Lipinski definition) is 0. The van der Waals surface area contributed by atoms with Crippen molar-refractivity contribution in [3.8, 4) is 0 Å². The fraction of sp³-hybridized carbons (Fsp3) is 0.292. The molecule has 1 aliphatic heterocycles. The quantitative estimate of drug-likeness (QED) is 0.374. The van der Waals surface area contributed by atoms with Gasteiger partial charge in [0.2, 0.25) is 5.91 Å². The van der Waals surface area contributed by atoms with Gasteiger partial charge in [-0.25, -0.2) is 13.4 Å². The third-order valence-corrected chi connectivity index (χ3v) is 10.4. The number of amides is 1. The molecule has 1 amide bonds. The molecule has 0 radical (unpaired) electrons. The zero-order valence-electron chi connectivity index (χ0n) is 18.6. The van der Waals surface area contributed by atoms with Crippen LogP contribution in [0.5, 0.6) is 0 Å². The second-order valence-corrected chi connectivity index (χ2v) is 12.4. The van der Waals surface area contributed by atoms with Crippen molar-refractivity contribution in [2.45, 2.75) is 30.5 Å². The lowest BCUT2D eigenvalue weighted by Gasteiger charge is -2.32. The van der Waals surface area contributed by atoms with Crippen LogP contribution in [-0.4, -0.2) is 41.7 Å². The van der Waals surface area contributed by atoms with E-state index in [0.717, 1.165) is 21.5 Å². The molecule has 0 bridgehead atoms. The summed E-state index contributed by atoms with van der Waals surface area (Å²) in [4.78, 5) is 24.7. The van der Waals surface area contributed by atoms with E-state index < -0.39 is 10.0 Å². The van der Waals surface area contributed by atoms with E-state index in [4.69, 9.17) is 4.98 Å². The molecule has 7 nitrogen and oxygen atoms in total. The first-order valence-electron chi connectivity index (χ1n) is 11.0. The minimum atomic E-state index is -3.50. The van der Waals surface area contributed by atoms with Crippen LogP contribution in [-0.2, 0) is 21.4 Å². The van der Waals surface area contributed by atoms with Crippen LogP contribution in [0, 0.1) is 12.8 Å². The second kappa shape index (κ2) is 9.53. The van der Waals surface area contributed by atoms with E-state index in [1.54, 1.807) is 28.6 Å². The molecule has 5 rings (SSSR count). The zero-order valence-corrected chi connectivity index (χ0v) is 21.1. The molecule has 1 aliphatic rings. The third kappa shape index (κ3) is 4.50. The van der Waals surface area contributed by atoms with E-state index in [9.17, 15) is 13.2 Å². The van der Waals surface area contributed by atoms with E-state index in [0.29, 0.717) is 41.8 Å². The Kier molecular flexibility index (Phi) is 6.48. The van der Waals surface area contributed by atoms with Crippen LogP contribution in [0.4, 0.5) is 5.13 Å². The molecule has 0 atom stereocenters. The Morgan fingerprint density at radius 1 is 1.12 bits per heavy atom. The number of hydrogen-bond acceptors (Lipinski definition) is 7. The summed E-state index contributed by atoms with van der Waals surface area (Å²) in [6.07, 6.45) is 2.67. The van der Waals surface area contributed by atoms with Gasteiger partial charge in [0, 0.05) is 25.2 Å². The van der Waals surface area contributed by atoms with Gasteiger partial charge in [-0.05, 0) is 55.0 Å². The number of anilines is 1. The lowest BCUT2D eigenvalue weighted by Crippen LogP contribution is -2.44. The first kappa shape index (κ1) is 23.1. The van der Waals surface area contributed by atoms with Crippen molar-refractivity contribution < 1.29 is 13.2 Å². The van der Waals surface area contributed by atoms with E-state index >= 15 is 0 Å². The molecule has 10 heteroatoms. The van der Waals surface area contributed by atoms with Crippen LogP contribution >= 0.6 is 22.7 Å². The second-order valence-electron chi connectivity index (χ2n) is 8.27. The van der Waals surface area contributed by atoms with Gasteiger partial charge in [-0.3, -0.25) is 14.7 Å². The Balaban J connectivity index is 1.39. The number of piperidine rings is 1. The molecule has 1 saturated heterocycles. The van der Waals surface area contributed by atoms with Crippen LogP contribution in [0.1, 0.15) is 24.1 Å². The summed E-state index contributed by atoms with van der Waals surface area (Å²) in [6.45, 7) is 2.99. The summed E-state index contributed by atoms with van der Waals surface area (Å²) in [7, 11) is -3.50. The number of benzene rings is 1. The van der Waals surface area contributed by atoms with Gasteiger partial charge in [-0.2, -0.15) is 4.31 Å². The number of sulfonamides is 1. The highest BCUT2D eigenvalue weighted by molar-refractivity contribution is 7.91. The molecular weight excluding hydrogens is 488 g/mol. The lowest BCUT2D eigenvalue weighted by atomic mass is 9.96. The Morgan fingerprint density at radius 3 is 2.62 bits per heavy atom. The van der Waals surface area contributed by atoms with Crippen LogP contribution in [0.15, 0.2) is 64.3 Å². The van der Waals surface area contributed by atoms with Crippen LogP contribution in [0.3, 0.4) is 0 Å². The molecule has 3 aromatic heterocycles. The van der Waals surface area contributed by atoms with E-state index in [-0.39, 0.29) is 11.8 Å². The Morgan fingerprint density at radius 2 is 1.94 bits per heavy atom. The minimum absolute atomic E-state index is 0.0319. The predicted molar refractivity (Wildman–Crippen MR) is 136 cm³/mol. The van der Waals surface area contributed by atoms with Crippen molar-refractivity contribution in [1.29, 1.82) is 0 Å².